The summed E-state index contributed by atoms with van der Waals surface area (Å²) in [7, 11) is 1.71. The van der Waals surface area contributed by atoms with Gasteiger partial charge in [0.1, 0.15) is 5.75 Å². The molecule has 1 aliphatic carbocycles. The van der Waals surface area contributed by atoms with Crippen LogP contribution in [0.25, 0.3) is 0 Å². The SMILES string of the molecule is COc1ccc2c(c1)CC[C@@H]1C2=NN(CCO)[C@H]1c1ccc(SC)cc1. The van der Waals surface area contributed by atoms with Gasteiger partial charge < -0.3 is 9.84 Å². The Morgan fingerprint density at radius 3 is 2.73 bits per heavy atom. The molecule has 4 nitrogen and oxygen atoms in total. The highest BCUT2D eigenvalue weighted by molar-refractivity contribution is 7.98. The molecule has 2 aliphatic rings. The molecule has 0 saturated heterocycles. The first-order chi connectivity index (χ1) is 12.7. The molecule has 0 aromatic heterocycles. The Balaban J connectivity index is 1.71. The average Bonchev–Trinajstić information content (AvgIpc) is 3.06. The summed E-state index contributed by atoms with van der Waals surface area (Å²) in [4.78, 5) is 1.27. The third-order valence-corrected chi connectivity index (χ3v) is 6.13. The van der Waals surface area contributed by atoms with Gasteiger partial charge in [0, 0.05) is 16.4 Å². The summed E-state index contributed by atoms with van der Waals surface area (Å²) in [6.45, 7) is 0.665. The fourth-order valence-corrected chi connectivity index (χ4v) is 4.55. The highest BCUT2D eigenvalue weighted by Crippen LogP contribution is 2.43. The van der Waals surface area contributed by atoms with Crippen LogP contribution in [0.2, 0.25) is 0 Å². The molecule has 0 bridgehead atoms. The lowest BCUT2D eigenvalue weighted by Gasteiger charge is -2.30. The van der Waals surface area contributed by atoms with Gasteiger partial charge in [-0.05, 0) is 60.6 Å². The van der Waals surface area contributed by atoms with Gasteiger partial charge in [0.25, 0.3) is 0 Å². The molecule has 0 amide bonds. The Hall–Kier alpha value is -1.98. The maximum Gasteiger partial charge on any atom is 0.119 e. The number of methoxy groups -OCH3 is 1. The van der Waals surface area contributed by atoms with Crippen LogP contribution in [-0.2, 0) is 6.42 Å². The summed E-state index contributed by atoms with van der Waals surface area (Å²) >= 11 is 1.75. The van der Waals surface area contributed by atoms with Crippen molar-refractivity contribution in [3.63, 3.8) is 0 Å². The quantitative estimate of drug-likeness (QED) is 0.817. The van der Waals surface area contributed by atoms with Gasteiger partial charge in [-0.3, -0.25) is 5.01 Å². The molecule has 0 radical (unpaired) electrons. The fraction of sp³-hybridized carbons (Fsp3) is 0.381. The minimum absolute atomic E-state index is 0.109. The van der Waals surface area contributed by atoms with E-state index in [0.29, 0.717) is 12.5 Å². The first-order valence-corrected chi connectivity index (χ1v) is 10.2. The predicted molar refractivity (Wildman–Crippen MR) is 106 cm³/mol. The van der Waals surface area contributed by atoms with Crippen molar-refractivity contribution in [2.75, 3.05) is 26.5 Å². The van der Waals surface area contributed by atoms with E-state index in [9.17, 15) is 5.11 Å². The minimum Gasteiger partial charge on any atom is -0.497 e. The molecule has 2 atom stereocenters. The number of rotatable bonds is 5. The van der Waals surface area contributed by atoms with Gasteiger partial charge in [-0.2, -0.15) is 5.10 Å². The number of fused-ring (bicyclic) bond motifs is 3. The Bertz CT molecular complexity index is 819. The summed E-state index contributed by atoms with van der Waals surface area (Å²) in [5, 5.41) is 16.6. The second kappa shape index (κ2) is 7.33. The summed E-state index contributed by atoms with van der Waals surface area (Å²) in [6, 6.07) is 15.3. The molecule has 5 heteroatoms. The molecule has 0 fully saturated rings. The topological polar surface area (TPSA) is 45.1 Å². The second-order valence-corrected chi connectivity index (χ2v) is 7.64. The largest absolute Gasteiger partial charge is 0.497 e. The van der Waals surface area contributed by atoms with Crippen molar-refractivity contribution < 1.29 is 9.84 Å². The molecule has 2 aromatic carbocycles. The molecule has 0 saturated carbocycles. The number of hydrogen-bond acceptors (Lipinski definition) is 5. The van der Waals surface area contributed by atoms with E-state index >= 15 is 0 Å². The minimum atomic E-state index is 0.109. The number of β-amino-alcohol motifs (C(OH)–C–C–N with tert-alkyl or cyclic N) is 1. The van der Waals surface area contributed by atoms with E-state index in [0.717, 1.165) is 24.3 Å². The van der Waals surface area contributed by atoms with Crippen molar-refractivity contribution in [3.05, 3.63) is 59.2 Å². The molecule has 1 aliphatic heterocycles. The van der Waals surface area contributed by atoms with Crippen molar-refractivity contribution in [1.29, 1.82) is 0 Å². The molecular weight excluding hydrogens is 344 g/mol. The molecule has 0 unspecified atom stereocenters. The van der Waals surface area contributed by atoms with Gasteiger partial charge in [-0.1, -0.05) is 12.1 Å². The predicted octanol–water partition coefficient (Wildman–Crippen LogP) is 3.73. The zero-order valence-electron chi connectivity index (χ0n) is 15.2. The van der Waals surface area contributed by atoms with E-state index in [-0.39, 0.29) is 12.6 Å². The van der Waals surface area contributed by atoms with Crippen LogP contribution < -0.4 is 4.74 Å². The van der Waals surface area contributed by atoms with Crippen LogP contribution >= 0.6 is 11.8 Å². The number of thioether (sulfide) groups is 1. The number of benzene rings is 2. The zero-order chi connectivity index (χ0) is 18.1. The van der Waals surface area contributed by atoms with Crippen LogP contribution in [0, 0.1) is 5.92 Å². The highest BCUT2D eigenvalue weighted by Gasteiger charge is 2.41. The van der Waals surface area contributed by atoms with E-state index in [2.05, 4.69) is 47.7 Å². The normalized spacial score (nSPS) is 21.2. The van der Waals surface area contributed by atoms with Gasteiger partial charge in [0.2, 0.25) is 0 Å². The maximum atomic E-state index is 9.54. The molecule has 136 valence electrons. The van der Waals surface area contributed by atoms with Crippen molar-refractivity contribution in [3.8, 4) is 5.75 Å². The average molecular weight is 369 g/mol. The Morgan fingerprint density at radius 1 is 1.23 bits per heavy atom. The number of hydrazone groups is 1. The van der Waals surface area contributed by atoms with Gasteiger partial charge in [-0.15, -0.1) is 11.8 Å². The van der Waals surface area contributed by atoms with E-state index in [1.165, 1.54) is 21.6 Å². The first-order valence-electron chi connectivity index (χ1n) is 9.02. The molecule has 1 heterocycles. The third-order valence-electron chi connectivity index (χ3n) is 5.39. The Kier molecular flexibility index (Phi) is 4.92. The molecule has 4 rings (SSSR count). The standard InChI is InChI=1S/C21H24N2O2S/c1-25-16-6-10-18-15(13-16)5-9-19-20(18)22-23(11-12-24)21(19)14-3-7-17(26-2)8-4-14/h3-4,6-8,10,13,19,21,24H,5,9,11-12H2,1-2H3/t19-,21+/m1/s1. The first kappa shape index (κ1) is 17.4. The summed E-state index contributed by atoms with van der Waals surface area (Å²) in [5.74, 6) is 1.26. The second-order valence-electron chi connectivity index (χ2n) is 6.76. The maximum absolute atomic E-state index is 9.54. The number of aliphatic hydroxyl groups excluding tert-OH is 1. The third kappa shape index (κ3) is 2.99. The molecule has 1 N–H and O–H groups in total. The van der Waals surface area contributed by atoms with Gasteiger partial charge in [0.05, 0.1) is 32.0 Å². The van der Waals surface area contributed by atoms with Crippen molar-refractivity contribution >= 4 is 17.5 Å². The smallest absolute Gasteiger partial charge is 0.119 e. The van der Waals surface area contributed by atoms with E-state index < -0.39 is 0 Å². The molecule has 0 spiro atoms. The summed E-state index contributed by atoms with van der Waals surface area (Å²) in [6.07, 6.45) is 4.19. The summed E-state index contributed by atoms with van der Waals surface area (Å²) in [5.41, 5.74) is 4.97. The van der Waals surface area contributed by atoms with E-state index in [4.69, 9.17) is 9.84 Å². The zero-order valence-corrected chi connectivity index (χ0v) is 16.0. The van der Waals surface area contributed by atoms with Gasteiger partial charge in [0.15, 0.2) is 0 Å². The molecule has 26 heavy (non-hydrogen) atoms. The Labute approximate surface area is 158 Å². The number of ether oxygens (including phenoxy) is 1. The van der Waals surface area contributed by atoms with Crippen LogP contribution in [0.4, 0.5) is 0 Å². The van der Waals surface area contributed by atoms with Crippen molar-refractivity contribution in [2.45, 2.75) is 23.8 Å². The fourth-order valence-electron chi connectivity index (χ4n) is 4.14. The molecule has 2 aromatic rings. The summed E-state index contributed by atoms with van der Waals surface area (Å²) < 4.78 is 5.38. The Morgan fingerprint density at radius 2 is 2.04 bits per heavy atom. The number of aryl methyl sites for hydroxylation is 1. The highest BCUT2D eigenvalue weighted by atomic mass is 32.2. The lowest BCUT2D eigenvalue weighted by atomic mass is 9.77. The van der Waals surface area contributed by atoms with E-state index in [1.54, 1.807) is 18.9 Å². The lowest BCUT2D eigenvalue weighted by Crippen LogP contribution is -2.30. The number of hydrogen-bond donors (Lipinski definition) is 1. The van der Waals surface area contributed by atoms with E-state index in [1.807, 2.05) is 6.07 Å². The van der Waals surface area contributed by atoms with Crippen LogP contribution in [0.3, 0.4) is 0 Å². The van der Waals surface area contributed by atoms with Crippen LogP contribution in [-0.4, -0.2) is 42.3 Å². The van der Waals surface area contributed by atoms with Crippen LogP contribution in [0.1, 0.15) is 29.2 Å². The van der Waals surface area contributed by atoms with Crippen LogP contribution in [0.15, 0.2) is 52.5 Å². The van der Waals surface area contributed by atoms with Gasteiger partial charge in [-0.25, -0.2) is 0 Å². The van der Waals surface area contributed by atoms with Gasteiger partial charge >= 0.3 is 0 Å². The monoisotopic (exact) mass is 368 g/mol. The van der Waals surface area contributed by atoms with Crippen molar-refractivity contribution in [2.24, 2.45) is 11.0 Å². The number of aliphatic hydroxyl groups is 1. The van der Waals surface area contributed by atoms with Crippen molar-refractivity contribution in [1.82, 2.24) is 5.01 Å². The number of nitrogens with zero attached hydrogens (tertiary/aromatic N) is 2. The lowest BCUT2D eigenvalue weighted by molar-refractivity contribution is 0.152. The van der Waals surface area contributed by atoms with Crippen LogP contribution in [0.5, 0.6) is 5.75 Å². The molecular formula is C21H24N2O2S.